The zero-order valence-electron chi connectivity index (χ0n) is 15.8. The van der Waals surface area contributed by atoms with Gasteiger partial charge in [0.2, 0.25) is 0 Å². The Morgan fingerprint density at radius 1 is 1.22 bits per heavy atom. The molecule has 0 aromatic heterocycles. The number of aliphatic hydroxyl groups is 1. The minimum absolute atomic E-state index is 0.0437. The van der Waals surface area contributed by atoms with Crippen molar-refractivity contribution >= 4 is 11.8 Å². The third-order valence-electron chi connectivity index (χ3n) is 4.32. The molecule has 0 amide bonds. The largest absolute Gasteiger partial charge is 0.511 e. The number of unbranched alkanes of at least 4 members (excludes halogenated alkanes) is 2. The molecule has 1 aromatic rings. The molecule has 1 aliphatic carbocycles. The lowest BCUT2D eigenvalue weighted by molar-refractivity contribution is -0.185. The van der Waals surface area contributed by atoms with Crippen LogP contribution in [-0.2, 0) is 14.3 Å². The Kier molecular flexibility index (Phi) is 7.55. The van der Waals surface area contributed by atoms with Gasteiger partial charge in [-0.3, -0.25) is 9.59 Å². The summed E-state index contributed by atoms with van der Waals surface area (Å²) in [6.07, 6.45) is 10.6. The standard InChI is InChI=1S/C22H26O5/c1-3-4-6-11-21(25)27-22(26-2)15-14-18(20(24)16-22)12-13-19(23)17-9-7-5-8-10-17/h5,7-10,12-16,18,24H,3-4,6,11H2,1-2H3/b13-12+. The SMILES string of the molecule is CCCCCC(=O)OC1(OC)C=CC(/C=C/C(=O)c2ccccc2)C(O)=C1. The van der Waals surface area contributed by atoms with Crippen LogP contribution in [0.3, 0.4) is 0 Å². The summed E-state index contributed by atoms with van der Waals surface area (Å²) in [6, 6.07) is 8.88. The molecule has 2 unspecified atom stereocenters. The topological polar surface area (TPSA) is 72.8 Å². The molecule has 0 radical (unpaired) electrons. The van der Waals surface area contributed by atoms with Crippen LogP contribution in [0.5, 0.6) is 0 Å². The van der Waals surface area contributed by atoms with Crippen LogP contribution in [0, 0.1) is 5.92 Å². The number of allylic oxidation sites excluding steroid dienone is 2. The molecule has 1 aliphatic rings. The number of benzene rings is 1. The Hall–Kier alpha value is -2.66. The summed E-state index contributed by atoms with van der Waals surface area (Å²) in [5, 5.41) is 10.3. The van der Waals surface area contributed by atoms with E-state index in [2.05, 4.69) is 6.92 Å². The van der Waals surface area contributed by atoms with E-state index in [1.54, 1.807) is 42.5 Å². The van der Waals surface area contributed by atoms with Crippen LogP contribution in [0.4, 0.5) is 0 Å². The lowest BCUT2D eigenvalue weighted by Crippen LogP contribution is -2.35. The van der Waals surface area contributed by atoms with Crippen LogP contribution in [0.25, 0.3) is 0 Å². The molecule has 5 nitrogen and oxygen atoms in total. The normalized spacial score (nSPS) is 21.9. The molecule has 0 spiro atoms. The summed E-state index contributed by atoms with van der Waals surface area (Å²) in [7, 11) is 1.41. The van der Waals surface area contributed by atoms with Crippen molar-refractivity contribution in [1.29, 1.82) is 0 Å². The number of hydrogen-bond acceptors (Lipinski definition) is 5. The predicted molar refractivity (Wildman–Crippen MR) is 103 cm³/mol. The van der Waals surface area contributed by atoms with E-state index in [0.29, 0.717) is 12.0 Å². The fourth-order valence-corrected chi connectivity index (χ4v) is 2.72. The first-order valence-corrected chi connectivity index (χ1v) is 9.15. The smallest absolute Gasteiger partial charge is 0.308 e. The molecule has 1 aromatic carbocycles. The minimum atomic E-state index is -1.42. The zero-order valence-corrected chi connectivity index (χ0v) is 15.8. The van der Waals surface area contributed by atoms with Gasteiger partial charge in [-0.2, -0.15) is 0 Å². The quantitative estimate of drug-likeness (QED) is 0.173. The molecule has 27 heavy (non-hydrogen) atoms. The average Bonchev–Trinajstić information content (AvgIpc) is 2.68. The van der Waals surface area contributed by atoms with Gasteiger partial charge in [-0.1, -0.05) is 62.2 Å². The van der Waals surface area contributed by atoms with E-state index >= 15 is 0 Å². The Morgan fingerprint density at radius 2 is 1.96 bits per heavy atom. The molecule has 0 aliphatic heterocycles. The Balaban J connectivity index is 2.02. The summed E-state index contributed by atoms with van der Waals surface area (Å²) in [5.74, 6) is -2.48. The van der Waals surface area contributed by atoms with Gasteiger partial charge in [0.1, 0.15) is 5.76 Å². The highest BCUT2D eigenvalue weighted by Gasteiger charge is 2.34. The number of methoxy groups -OCH3 is 1. The molecule has 2 atom stereocenters. The van der Waals surface area contributed by atoms with E-state index in [9.17, 15) is 14.7 Å². The number of esters is 1. The second kappa shape index (κ2) is 9.88. The minimum Gasteiger partial charge on any atom is -0.511 e. The molecule has 0 fully saturated rings. The van der Waals surface area contributed by atoms with Crippen molar-refractivity contribution in [2.24, 2.45) is 5.92 Å². The molecule has 0 heterocycles. The van der Waals surface area contributed by atoms with Gasteiger partial charge in [0.25, 0.3) is 5.79 Å². The van der Waals surface area contributed by atoms with E-state index in [-0.39, 0.29) is 17.5 Å². The Labute approximate surface area is 160 Å². The molecule has 144 valence electrons. The van der Waals surface area contributed by atoms with Gasteiger partial charge in [0, 0.05) is 25.2 Å². The van der Waals surface area contributed by atoms with Crippen molar-refractivity contribution in [3.8, 4) is 0 Å². The lowest BCUT2D eigenvalue weighted by Gasteiger charge is -2.29. The van der Waals surface area contributed by atoms with E-state index < -0.39 is 11.7 Å². The van der Waals surface area contributed by atoms with Crippen molar-refractivity contribution in [3.63, 3.8) is 0 Å². The number of hydrogen-bond donors (Lipinski definition) is 1. The van der Waals surface area contributed by atoms with E-state index in [1.165, 1.54) is 19.3 Å². The van der Waals surface area contributed by atoms with E-state index in [0.717, 1.165) is 19.3 Å². The van der Waals surface area contributed by atoms with Crippen LogP contribution in [0.1, 0.15) is 43.0 Å². The van der Waals surface area contributed by atoms with Gasteiger partial charge < -0.3 is 14.6 Å². The number of carbonyl (C=O) groups is 2. The summed E-state index contributed by atoms with van der Waals surface area (Å²) in [4.78, 5) is 24.1. The summed E-state index contributed by atoms with van der Waals surface area (Å²) in [5.41, 5.74) is 0.573. The number of carbonyl (C=O) groups excluding carboxylic acids is 2. The maximum Gasteiger partial charge on any atom is 0.308 e. The van der Waals surface area contributed by atoms with Gasteiger partial charge in [-0.15, -0.1) is 0 Å². The number of ether oxygens (including phenoxy) is 2. The van der Waals surface area contributed by atoms with Gasteiger partial charge in [0.15, 0.2) is 5.78 Å². The van der Waals surface area contributed by atoms with Gasteiger partial charge in [-0.25, -0.2) is 0 Å². The molecular formula is C22H26O5. The predicted octanol–water partition coefficient (Wildman–Crippen LogP) is 4.52. The lowest BCUT2D eigenvalue weighted by atomic mass is 9.96. The Bertz CT molecular complexity index is 732. The van der Waals surface area contributed by atoms with Gasteiger partial charge in [0.05, 0.1) is 5.92 Å². The van der Waals surface area contributed by atoms with Crippen LogP contribution in [0.2, 0.25) is 0 Å². The van der Waals surface area contributed by atoms with Crippen LogP contribution in [0.15, 0.2) is 66.5 Å². The molecule has 5 heteroatoms. The third-order valence-corrected chi connectivity index (χ3v) is 4.32. The molecule has 1 N–H and O–H groups in total. The van der Waals surface area contributed by atoms with Crippen molar-refractivity contribution in [3.05, 3.63) is 72.0 Å². The van der Waals surface area contributed by atoms with Crippen molar-refractivity contribution < 1.29 is 24.2 Å². The molecule has 0 bridgehead atoms. The fraction of sp³-hybridized carbons (Fsp3) is 0.364. The average molecular weight is 370 g/mol. The highest BCUT2D eigenvalue weighted by atomic mass is 16.7. The monoisotopic (exact) mass is 370 g/mol. The Morgan fingerprint density at radius 3 is 2.59 bits per heavy atom. The van der Waals surface area contributed by atoms with Gasteiger partial charge in [-0.05, 0) is 18.6 Å². The second-order valence-corrected chi connectivity index (χ2v) is 6.40. The first kappa shape index (κ1) is 20.6. The van der Waals surface area contributed by atoms with Crippen LogP contribution < -0.4 is 0 Å². The highest BCUT2D eigenvalue weighted by molar-refractivity contribution is 6.04. The fourth-order valence-electron chi connectivity index (χ4n) is 2.72. The summed E-state index contributed by atoms with van der Waals surface area (Å²) < 4.78 is 10.7. The van der Waals surface area contributed by atoms with E-state index in [4.69, 9.17) is 9.47 Å². The summed E-state index contributed by atoms with van der Waals surface area (Å²) >= 11 is 0. The maximum atomic E-state index is 12.1. The molecule has 0 saturated carbocycles. The van der Waals surface area contributed by atoms with Crippen molar-refractivity contribution in [2.45, 2.75) is 38.4 Å². The highest BCUT2D eigenvalue weighted by Crippen LogP contribution is 2.29. The zero-order chi connectivity index (χ0) is 19.7. The third kappa shape index (κ3) is 5.93. The summed E-state index contributed by atoms with van der Waals surface area (Å²) in [6.45, 7) is 2.06. The van der Waals surface area contributed by atoms with Crippen LogP contribution >= 0.6 is 0 Å². The number of ketones is 1. The molecular weight excluding hydrogens is 344 g/mol. The molecule has 0 saturated heterocycles. The van der Waals surface area contributed by atoms with E-state index in [1.807, 2.05) is 6.07 Å². The second-order valence-electron chi connectivity index (χ2n) is 6.40. The first-order valence-electron chi connectivity index (χ1n) is 9.15. The van der Waals surface area contributed by atoms with Crippen molar-refractivity contribution in [1.82, 2.24) is 0 Å². The number of aliphatic hydroxyl groups excluding tert-OH is 1. The van der Waals surface area contributed by atoms with Crippen LogP contribution in [-0.4, -0.2) is 29.8 Å². The van der Waals surface area contributed by atoms with Crippen molar-refractivity contribution in [2.75, 3.05) is 7.11 Å². The molecule has 2 rings (SSSR count). The first-order chi connectivity index (χ1) is 13.0. The number of rotatable bonds is 9. The van der Waals surface area contributed by atoms with Gasteiger partial charge >= 0.3 is 5.97 Å². The maximum absolute atomic E-state index is 12.1.